The second-order valence-corrected chi connectivity index (χ2v) is 5.19. The second kappa shape index (κ2) is 6.27. The standard InChI is InChI=1S/C14H22ClNO/c1-9(2)13(8-16-4)12-7-11(15)6-10(3)14(12)17-5/h6-7,9,13,16H,8H2,1-5H3. The smallest absolute Gasteiger partial charge is 0.125 e. The number of halogens is 1. The fourth-order valence-corrected chi connectivity index (χ4v) is 2.52. The van der Waals surface area contributed by atoms with Crippen molar-refractivity contribution in [1.29, 1.82) is 0 Å². The van der Waals surface area contributed by atoms with Crippen LogP contribution in [0, 0.1) is 12.8 Å². The molecule has 0 aromatic heterocycles. The van der Waals surface area contributed by atoms with Crippen LogP contribution < -0.4 is 10.1 Å². The van der Waals surface area contributed by atoms with Gasteiger partial charge in [0.1, 0.15) is 5.75 Å². The zero-order valence-electron chi connectivity index (χ0n) is 11.3. The van der Waals surface area contributed by atoms with E-state index >= 15 is 0 Å². The van der Waals surface area contributed by atoms with Gasteiger partial charge in [-0.1, -0.05) is 25.4 Å². The fourth-order valence-electron chi connectivity index (χ4n) is 2.23. The minimum atomic E-state index is 0.410. The molecule has 1 atom stereocenters. The molecule has 0 amide bonds. The SMILES string of the molecule is CNCC(c1cc(Cl)cc(C)c1OC)C(C)C. The molecular weight excluding hydrogens is 234 g/mol. The summed E-state index contributed by atoms with van der Waals surface area (Å²) in [4.78, 5) is 0. The Labute approximate surface area is 109 Å². The van der Waals surface area contributed by atoms with E-state index in [0.717, 1.165) is 22.9 Å². The molecule has 0 aliphatic rings. The van der Waals surface area contributed by atoms with E-state index in [1.807, 2.05) is 26.1 Å². The minimum Gasteiger partial charge on any atom is -0.496 e. The van der Waals surface area contributed by atoms with Crippen LogP contribution in [0.25, 0.3) is 0 Å². The third kappa shape index (κ3) is 3.36. The van der Waals surface area contributed by atoms with Crippen molar-refractivity contribution in [2.75, 3.05) is 20.7 Å². The van der Waals surface area contributed by atoms with E-state index in [1.165, 1.54) is 5.56 Å². The van der Waals surface area contributed by atoms with E-state index in [4.69, 9.17) is 16.3 Å². The highest BCUT2D eigenvalue weighted by atomic mass is 35.5. The maximum absolute atomic E-state index is 6.15. The van der Waals surface area contributed by atoms with Gasteiger partial charge in [-0.15, -0.1) is 0 Å². The molecule has 0 bridgehead atoms. The van der Waals surface area contributed by atoms with E-state index in [2.05, 4.69) is 19.2 Å². The molecule has 3 heteroatoms. The van der Waals surface area contributed by atoms with Gasteiger partial charge in [-0.05, 0) is 37.6 Å². The van der Waals surface area contributed by atoms with Gasteiger partial charge >= 0.3 is 0 Å². The average molecular weight is 256 g/mol. The number of aryl methyl sites for hydroxylation is 1. The van der Waals surface area contributed by atoms with Crippen LogP contribution in [0.5, 0.6) is 5.75 Å². The van der Waals surface area contributed by atoms with Crippen molar-refractivity contribution < 1.29 is 4.74 Å². The predicted molar refractivity (Wildman–Crippen MR) is 74.2 cm³/mol. The lowest BCUT2D eigenvalue weighted by Gasteiger charge is -2.24. The quantitative estimate of drug-likeness (QED) is 0.868. The predicted octanol–water partition coefficient (Wildman–Crippen LogP) is 3.62. The highest BCUT2D eigenvalue weighted by Crippen LogP contribution is 2.36. The molecule has 17 heavy (non-hydrogen) atoms. The van der Waals surface area contributed by atoms with Gasteiger partial charge in [0.2, 0.25) is 0 Å². The summed E-state index contributed by atoms with van der Waals surface area (Å²) < 4.78 is 5.52. The molecular formula is C14H22ClNO. The molecule has 0 saturated carbocycles. The molecule has 0 aliphatic carbocycles. The lowest BCUT2D eigenvalue weighted by Crippen LogP contribution is -2.22. The van der Waals surface area contributed by atoms with Crippen LogP contribution in [0.2, 0.25) is 5.02 Å². The number of methoxy groups -OCH3 is 1. The van der Waals surface area contributed by atoms with Crippen molar-refractivity contribution in [3.05, 3.63) is 28.3 Å². The lowest BCUT2D eigenvalue weighted by atomic mass is 9.87. The maximum atomic E-state index is 6.15. The highest BCUT2D eigenvalue weighted by Gasteiger charge is 2.20. The molecule has 0 saturated heterocycles. The number of rotatable bonds is 5. The summed E-state index contributed by atoms with van der Waals surface area (Å²) in [6, 6.07) is 3.97. The minimum absolute atomic E-state index is 0.410. The van der Waals surface area contributed by atoms with E-state index < -0.39 is 0 Å². The third-order valence-electron chi connectivity index (χ3n) is 3.10. The highest BCUT2D eigenvalue weighted by molar-refractivity contribution is 6.30. The van der Waals surface area contributed by atoms with Gasteiger partial charge in [-0.25, -0.2) is 0 Å². The molecule has 1 aromatic carbocycles. The molecule has 1 unspecified atom stereocenters. The van der Waals surface area contributed by atoms with Crippen LogP contribution in [0.3, 0.4) is 0 Å². The fraction of sp³-hybridized carbons (Fsp3) is 0.571. The molecule has 0 fully saturated rings. The van der Waals surface area contributed by atoms with Gasteiger partial charge < -0.3 is 10.1 Å². The number of nitrogens with one attached hydrogen (secondary N) is 1. The van der Waals surface area contributed by atoms with E-state index in [-0.39, 0.29) is 0 Å². The van der Waals surface area contributed by atoms with Gasteiger partial charge in [-0.2, -0.15) is 0 Å². The molecule has 1 rings (SSSR count). The molecule has 2 nitrogen and oxygen atoms in total. The Kier molecular flexibility index (Phi) is 5.29. The first-order valence-corrected chi connectivity index (χ1v) is 6.37. The number of ether oxygens (including phenoxy) is 1. The summed E-state index contributed by atoms with van der Waals surface area (Å²) in [6.45, 7) is 7.40. The summed E-state index contributed by atoms with van der Waals surface area (Å²) in [5.41, 5.74) is 2.29. The van der Waals surface area contributed by atoms with E-state index in [9.17, 15) is 0 Å². The first-order chi connectivity index (χ1) is 8.01. The molecule has 96 valence electrons. The van der Waals surface area contributed by atoms with Crippen LogP contribution in [0.4, 0.5) is 0 Å². The Hall–Kier alpha value is -0.730. The van der Waals surface area contributed by atoms with Gasteiger partial charge in [-0.3, -0.25) is 0 Å². The van der Waals surface area contributed by atoms with Crippen molar-refractivity contribution >= 4 is 11.6 Å². The Morgan fingerprint density at radius 2 is 2.00 bits per heavy atom. The summed E-state index contributed by atoms with van der Waals surface area (Å²) in [5, 5.41) is 4.02. The van der Waals surface area contributed by atoms with Gasteiger partial charge in [0.25, 0.3) is 0 Å². The number of benzene rings is 1. The Morgan fingerprint density at radius 1 is 1.35 bits per heavy atom. The average Bonchev–Trinajstić information content (AvgIpc) is 2.24. The van der Waals surface area contributed by atoms with Crippen molar-refractivity contribution in [2.45, 2.75) is 26.7 Å². The van der Waals surface area contributed by atoms with Crippen molar-refractivity contribution in [3.63, 3.8) is 0 Å². The Bertz CT molecular complexity index is 377. The largest absolute Gasteiger partial charge is 0.496 e. The zero-order valence-corrected chi connectivity index (χ0v) is 12.1. The van der Waals surface area contributed by atoms with Gasteiger partial charge in [0, 0.05) is 23.0 Å². The van der Waals surface area contributed by atoms with Crippen LogP contribution in [-0.2, 0) is 0 Å². The number of likely N-dealkylation sites (N-methyl/N-ethyl adjacent to an activating group) is 1. The molecule has 0 aliphatic heterocycles. The topological polar surface area (TPSA) is 21.3 Å². The zero-order chi connectivity index (χ0) is 13.0. The first-order valence-electron chi connectivity index (χ1n) is 5.99. The van der Waals surface area contributed by atoms with E-state index in [1.54, 1.807) is 7.11 Å². The monoisotopic (exact) mass is 255 g/mol. The summed E-state index contributed by atoms with van der Waals surface area (Å²) in [6.07, 6.45) is 0. The van der Waals surface area contributed by atoms with Crippen molar-refractivity contribution in [2.24, 2.45) is 5.92 Å². The van der Waals surface area contributed by atoms with E-state index in [0.29, 0.717) is 11.8 Å². The van der Waals surface area contributed by atoms with Crippen LogP contribution in [-0.4, -0.2) is 20.7 Å². The molecule has 1 aromatic rings. The molecule has 1 N–H and O–H groups in total. The first kappa shape index (κ1) is 14.3. The Balaban J connectivity index is 3.25. The van der Waals surface area contributed by atoms with Crippen molar-refractivity contribution in [1.82, 2.24) is 5.32 Å². The second-order valence-electron chi connectivity index (χ2n) is 4.75. The van der Waals surface area contributed by atoms with Crippen LogP contribution in [0.1, 0.15) is 30.9 Å². The normalized spacial score (nSPS) is 12.9. The van der Waals surface area contributed by atoms with Gasteiger partial charge in [0.05, 0.1) is 7.11 Å². The van der Waals surface area contributed by atoms with Crippen molar-refractivity contribution in [3.8, 4) is 5.75 Å². The summed E-state index contributed by atoms with van der Waals surface area (Å²) >= 11 is 6.15. The third-order valence-corrected chi connectivity index (χ3v) is 3.32. The maximum Gasteiger partial charge on any atom is 0.125 e. The lowest BCUT2D eigenvalue weighted by molar-refractivity contribution is 0.389. The van der Waals surface area contributed by atoms with Crippen LogP contribution >= 0.6 is 11.6 Å². The van der Waals surface area contributed by atoms with Gasteiger partial charge in [0.15, 0.2) is 0 Å². The van der Waals surface area contributed by atoms with Crippen LogP contribution in [0.15, 0.2) is 12.1 Å². The molecule has 0 radical (unpaired) electrons. The molecule has 0 heterocycles. The Morgan fingerprint density at radius 3 is 2.47 bits per heavy atom. The summed E-state index contributed by atoms with van der Waals surface area (Å²) in [5.74, 6) is 1.91. The molecule has 0 spiro atoms. The number of hydrogen-bond donors (Lipinski definition) is 1. The summed E-state index contributed by atoms with van der Waals surface area (Å²) in [7, 11) is 3.69. The number of hydrogen-bond acceptors (Lipinski definition) is 2.